The van der Waals surface area contributed by atoms with E-state index in [9.17, 15) is 18.5 Å². The summed E-state index contributed by atoms with van der Waals surface area (Å²) in [6, 6.07) is 3.56. The number of nitrogens with zero attached hydrogens (tertiary/aromatic N) is 1. The Bertz CT molecular complexity index is 500. The molecule has 0 aliphatic heterocycles. The first-order valence-corrected chi connectivity index (χ1v) is 6.50. The fourth-order valence-corrected chi connectivity index (χ4v) is 2.22. The lowest BCUT2D eigenvalue weighted by Gasteiger charge is -1.99. The third-order valence-corrected chi connectivity index (χ3v) is 2.72. The van der Waals surface area contributed by atoms with Gasteiger partial charge in [-0.05, 0) is 11.6 Å². The number of benzene rings is 1. The summed E-state index contributed by atoms with van der Waals surface area (Å²) in [7, 11) is 1.27. The van der Waals surface area contributed by atoms with Crippen LogP contribution in [0.5, 0.6) is 0 Å². The van der Waals surface area contributed by atoms with Crippen LogP contribution in [0.1, 0.15) is 5.56 Å². The second-order valence-electron chi connectivity index (χ2n) is 2.76. The summed E-state index contributed by atoms with van der Waals surface area (Å²) in [5.74, 6) is -0.490. The van der Waals surface area contributed by atoms with Gasteiger partial charge in [-0.3, -0.25) is 10.1 Å². The number of non-ortho nitro benzene ring substituents is 1. The lowest BCUT2D eigenvalue weighted by Crippen LogP contribution is -1.97. The topological polar surface area (TPSA) is 77.3 Å². The molecule has 0 aromatic heterocycles. The molecule has 0 aliphatic rings. The molecular weight excluding hydrogens is 265 g/mol. The first kappa shape index (κ1) is 12.2. The van der Waals surface area contributed by atoms with Gasteiger partial charge in [0.25, 0.3) is 5.69 Å². The molecule has 1 aromatic carbocycles. The summed E-state index contributed by atoms with van der Waals surface area (Å²) < 4.78 is 21.5. The molecule has 0 spiro atoms. The molecule has 1 aromatic rings. The molecule has 0 saturated carbocycles. The van der Waals surface area contributed by atoms with Crippen molar-refractivity contribution in [1.82, 2.24) is 0 Å². The van der Waals surface area contributed by atoms with Gasteiger partial charge in [0, 0.05) is 27.8 Å². The van der Waals surface area contributed by atoms with Crippen LogP contribution < -0.4 is 0 Å². The predicted molar refractivity (Wildman–Crippen MR) is 56.6 cm³/mol. The van der Waals surface area contributed by atoms with Crippen LogP contribution in [0.2, 0.25) is 5.02 Å². The summed E-state index contributed by atoms with van der Waals surface area (Å²) in [4.78, 5) is 9.78. The fourth-order valence-electron chi connectivity index (χ4n) is 1.02. The van der Waals surface area contributed by atoms with E-state index in [-0.39, 0.29) is 16.3 Å². The lowest BCUT2D eigenvalue weighted by atomic mass is 10.2. The molecule has 0 unspecified atom stereocenters. The normalized spacial score (nSPS) is 11.3. The standard InChI is InChI=1S/C7H5Cl2NO4S/c8-6-1-5(4-15(9,13)14)2-7(3-6)10(11)12/h1-3H,4H2. The van der Waals surface area contributed by atoms with Crippen molar-refractivity contribution < 1.29 is 13.3 Å². The highest BCUT2D eigenvalue weighted by Gasteiger charge is 2.13. The van der Waals surface area contributed by atoms with E-state index in [4.69, 9.17) is 22.3 Å². The average molecular weight is 270 g/mol. The fraction of sp³-hybridized carbons (Fsp3) is 0.143. The molecule has 15 heavy (non-hydrogen) atoms. The molecule has 0 fully saturated rings. The van der Waals surface area contributed by atoms with Gasteiger partial charge < -0.3 is 0 Å². The van der Waals surface area contributed by atoms with Gasteiger partial charge in [-0.1, -0.05) is 11.6 Å². The van der Waals surface area contributed by atoms with Crippen LogP contribution in [0.3, 0.4) is 0 Å². The van der Waals surface area contributed by atoms with Crippen molar-refractivity contribution in [3.05, 3.63) is 38.9 Å². The van der Waals surface area contributed by atoms with Crippen molar-refractivity contribution in [2.75, 3.05) is 0 Å². The van der Waals surface area contributed by atoms with Gasteiger partial charge in [-0.2, -0.15) is 0 Å². The maximum absolute atomic E-state index is 10.7. The smallest absolute Gasteiger partial charge is 0.258 e. The Labute approximate surface area is 95.2 Å². The van der Waals surface area contributed by atoms with Gasteiger partial charge in [0.2, 0.25) is 9.05 Å². The molecule has 1 rings (SSSR count). The first-order chi connectivity index (χ1) is 6.78. The van der Waals surface area contributed by atoms with Crippen LogP contribution in [0.15, 0.2) is 18.2 Å². The zero-order valence-corrected chi connectivity index (χ0v) is 9.51. The number of rotatable bonds is 3. The van der Waals surface area contributed by atoms with E-state index in [0.29, 0.717) is 0 Å². The maximum atomic E-state index is 10.7. The third kappa shape index (κ3) is 4.03. The average Bonchev–Trinajstić information content (AvgIpc) is 1.99. The van der Waals surface area contributed by atoms with Gasteiger partial charge >= 0.3 is 0 Å². The second kappa shape index (κ2) is 4.34. The van der Waals surface area contributed by atoms with Crippen molar-refractivity contribution in [3.63, 3.8) is 0 Å². The van der Waals surface area contributed by atoms with Gasteiger partial charge in [0.05, 0.1) is 10.7 Å². The highest BCUT2D eigenvalue weighted by atomic mass is 35.7. The minimum atomic E-state index is -3.75. The summed E-state index contributed by atoms with van der Waals surface area (Å²) in [6.45, 7) is 0. The van der Waals surface area contributed by atoms with Crippen LogP contribution in [-0.4, -0.2) is 13.3 Å². The van der Waals surface area contributed by atoms with E-state index >= 15 is 0 Å². The van der Waals surface area contributed by atoms with Crippen LogP contribution >= 0.6 is 22.3 Å². The Kier molecular flexibility index (Phi) is 3.54. The van der Waals surface area contributed by atoms with Gasteiger partial charge in [-0.15, -0.1) is 0 Å². The zero-order valence-electron chi connectivity index (χ0n) is 7.18. The van der Waals surface area contributed by atoms with Crippen molar-refractivity contribution in [3.8, 4) is 0 Å². The second-order valence-corrected chi connectivity index (χ2v) is 5.97. The Morgan fingerprint density at radius 1 is 1.33 bits per heavy atom. The maximum Gasteiger partial charge on any atom is 0.271 e. The number of hydrogen-bond acceptors (Lipinski definition) is 4. The quantitative estimate of drug-likeness (QED) is 0.479. The molecule has 0 atom stereocenters. The van der Waals surface area contributed by atoms with E-state index in [1.165, 1.54) is 6.07 Å². The van der Waals surface area contributed by atoms with E-state index in [1.54, 1.807) is 0 Å². The monoisotopic (exact) mass is 269 g/mol. The van der Waals surface area contributed by atoms with Crippen LogP contribution in [-0.2, 0) is 14.8 Å². The molecule has 0 radical (unpaired) electrons. The van der Waals surface area contributed by atoms with Crippen molar-refractivity contribution in [1.29, 1.82) is 0 Å². The Morgan fingerprint density at radius 2 is 1.93 bits per heavy atom. The summed E-state index contributed by atoms with van der Waals surface area (Å²) in [5, 5.41) is 10.5. The summed E-state index contributed by atoms with van der Waals surface area (Å²) in [6.07, 6.45) is 0. The SMILES string of the molecule is O=[N+]([O-])c1cc(Cl)cc(CS(=O)(=O)Cl)c1. The number of halogens is 2. The van der Waals surface area contributed by atoms with E-state index < -0.39 is 19.7 Å². The summed E-state index contributed by atoms with van der Waals surface area (Å²) in [5.41, 5.74) is -0.0815. The van der Waals surface area contributed by atoms with Gasteiger partial charge in [-0.25, -0.2) is 8.42 Å². The minimum Gasteiger partial charge on any atom is -0.258 e. The van der Waals surface area contributed by atoms with E-state index in [0.717, 1.165) is 12.1 Å². The van der Waals surface area contributed by atoms with Crippen LogP contribution in [0.4, 0.5) is 5.69 Å². The number of nitro groups is 1. The molecule has 82 valence electrons. The highest BCUT2D eigenvalue weighted by Crippen LogP contribution is 2.22. The zero-order chi connectivity index (χ0) is 11.6. The highest BCUT2D eigenvalue weighted by molar-refractivity contribution is 8.13. The van der Waals surface area contributed by atoms with Crippen LogP contribution in [0.25, 0.3) is 0 Å². The molecule has 8 heteroatoms. The molecule has 0 amide bonds. The molecule has 0 aliphatic carbocycles. The Balaban J connectivity index is 3.15. The molecule has 0 bridgehead atoms. The summed E-state index contributed by atoms with van der Waals surface area (Å²) >= 11 is 5.58. The molecule has 0 saturated heterocycles. The van der Waals surface area contributed by atoms with E-state index in [1.807, 2.05) is 0 Å². The molecule has 0 heterocycles. The first-order valence-electron chi connectivity index (χ1n) is 3.64. The number of hydrogen-bond donors (Lipinski definition) is 0. The molecular formula is C7H5Cl2NO4S. The third-order valence-electron chi connectivity index (χ3n) is 1.49. The predicted octanol–water partition coefficient (Wildman–Crippen LogP) is 2.32. The minimum absolute atomic E-state index is 0.0968. The van der Waals surface area contributed by atoms with E-state index in [2.05, 4.69) is 0 Å². The van der Waals surface area contributed by atoms with Gasteiger partial charge in [0.15, 0.2) is 0 Å². The largest absolute Gasteiger partial charge is 0.271 e. The number of nitro benzene ring substituents is 1. The lowest BCUT2D eigenvalue weighted by molar-refractivity contribution is -0.384. The van der Waals surface area contributed by atoms with Gasteiger partial charge in [0.1, 0.15) is 0 Å². The molecule has 5 nitrogen and oxygen atoms in total. The van der Waals surface area contributed by atoms with Crippen molar-refractivity contribution in [2.24, 2.45) is 0 Å². The van der Waals surface area contributed by atoms with Crippen molar-refractivity contribution >= 4 is 37.0 Å². The van der Waals surface area contributed by atoms with Crippen molar-refractivity contribution in [2.45, 2.75) is 5.75 Å². The van der Waals surface area contributed by atoms with Crippen LogP contribution in [0, 0.1) is 10.1 Å². The molecule has 0 N–H and O–H groups in total. The Morgan fingerprint density at radius 3 is 2.40 bits per heavy atom. The Hall–Kier alpha value is -0.850.